The maximum Gasteiger partial charge on any atom is 0.378 e. The van der Waals surface area contributed by atoms with Gasteiger partial charge in [0, 0.05) is 18.2 Å². The summed E-state index contributed by atoms with van der Waals surface area (Å²) in [5.74, 6) is -4.19. The van der Waals surface area contributed by atoms with Crippen LogP contribution < -0.4 is 19.1 Å². The van der Waals surface area contributed by atoms with E-state index >= 15 is 0 Å². The number of hydrogen-bond acceptors (Lipinski definition) is 14. The zero-order chi connectivity index (χ0) is 37.7. The van der Waals surface area contributed by atoms with Crippen LogP contribution in [0, 0.1) is 0 Å². The summed E-state index contributed by atoms with van der Waals surface area (Å²) < 4.78 is 31.6. The highest BCUT2D eigenvalue weighted by molar-refractivity contribution is 5.97. The predicted molar refractivity (Wildman–Crippen MR) is 183 cm³/mol. The molecule has 272 valence electrons. The van der Waals surface area contributed by atoms with E-state index in [1.54, 1.807) is 12.1 Å². The fourth-order valence-electron chi connectivity index (χ4n) is 4.00. The second-order valence-corrected chi connectivity index (χ2v) is 10.3. The molecule has 0 bridgehead atoms. The summed E-state index contributed by atoms with van der Waals surface area (Å²) in [5, 5.41) is 0. The number of ether oxygens (including phenoxy) is 6. The van der Waals surface area contributed by atoms with Gasteiger partial charge < -0.3 is 28.4 Å². The lowest BCUT2D eigenvalue weighted by Gasteiger charge is -2.13. The van der Waals surface area contributed by atoms with E-state index in [0.29, 0.717) is 19.0 Å². The Morgan fingerprint density at radius 1 is 0.500 bits per heavy atom. The van der Waals surface area contributed by atoms with Crippen molar-refractivity contribution in [2.45, 2.75) is 25.7 Å². The second-order valence-electron chi connectivity index (χ2n) is 10.3. The first-order valence-electron chi connectivity index (χ1n) is 15.8. The zero-order valence-electron chi connectivity index (χ0n) is 28.1. The van der Waals surface area contributed by atoms with Crippen molar-refractivity contribution in [1.29, 1.82) is 0 Å². The summed E-state index contributed by atoms with van der Waals surface area (Å²) in [7, 11) is 0. The van der Waals surface area contributed by atoms with Gasteiger partial charge in [-0.3, -0.25) is 4.89 Å². The van der Waals surface area contributed by atoms with Gasteiger partial charge in [0.25, 0.3) is 0 Å². The van der Waals surface area contributed by atoms with Crippen LogP contribution in [0.25, 0.3) is 0 Å². The quantitative estimate of drug-likeness (QED) is 0.0249. The summed E-state index contributed by atoms with van der Waals surface area (Å²) in [6.45, 7) is 10.1. The minimum absolute atomic E-state index is 0.0854. The second kappa shape index (κ2) is 21.4. The van der Waals surface area contributed by atoms with Gasteiger partial charge in [-0.05, 0) is 92.4 Å². The molecule has 52 heavy (non-hydrogen) atoms. The highest BCUT2D eigenvalue weighted by atomic mass is 17.2. The smallest absolute Gasteiger partial charge is 0.378 e. The zero-order valence-corrected chi connectivity index (χ0v) is 28.1. The van der Waals surface area contributed by atoms with E-state index in [1.165, 1.54) is 48.5 Å². The average Bonchev–Trinajstić information content (AvgIpc) is 3.17. The normalized spacial score (nSPS) is 10.1. The van der Waals surface area contributed by atoms with Crippen molar-refractivity contribution in [1.82, 2.24) is 0 Å². The van der Waals surface area contributed by atoms with Crippen LogP contribution >= 0.6 is 0 Å². The molecule has 3 aromatic rings. The standard InChI is InChI=1S/C38H36O14/c1-4-33(39)46-22-10-8-7-9-21-45-28-15-11-27(12-16-28)37(43)50-32-20-19-30(25-31(32)38(44)48-24-23-47-34(40)5-2)49-36(42)26-13-17-29(18-14-26)51-52-35(41)6-3/h4-6,11-20,25H,1-3,7-10,21-24H2. The molecule has 0 saturated heterocycles. The largest absolute Gasteiger partial charge is 0.494 e. The van der Waals surface area contributed by atoms with Crippen molar-refractivity contribution in [3.63, 3.8) is 0 Å². The molecule has 0 spiro atoms. The van der Waals surface area contributed by atoms with Crippen molar-refractivity contribution in [3.05, 3.63) is 121 Å². The lowest BCUT2D eigenvalue weighted by molar-refractivity contribution is -0.207. The number of carbonyl (C=O) groups excluding carboxylic acids is 6. The van der Waals surface area contributed by atoms with Gasteiger partial charge in [-0.25, -0.2) is 33.7 Å². The van der Waals surface area contributed by atoms with Crippen LogP contribution in [0.1, 0.15) is 56.8 Å². The van der Waals surface area contributed by atoms with E-state index in [4.69, 9.17) is 33.3 Å². The Kier molecular flexibility index (Phi) is 16.4. The molecule has 0 radical (unpaired) electrons. The van der Waals surface area contributed by atoms with Crippen LogP contribution in [0.5, 0.6) is 23.0 Å². The summed E-state index contributed by atoms with van der Waals surface area (Å²) >= 11 is 0. The molecule has 0 aliphatic rings. The summed E-state index contributed by atoms with van der Waals surface area (Å²) in [5.41, 5.74) is -0.0261. The maximum absolute atomic E-state index is 13.0. The number of carbonyl (C=O) groups is 6. The van der Waals surface area contributed by atoms with E-state index in [1.807, 2.05) is 0 Å². The molecule has 3 aromatic carbocycles. The molecule has 0 amide bonds. The molecule has 0 aliphatic heterocycles. The number of hydrogen-bond donors (Lipinski definition) is 0. The highest BCUT2D eigenvalue weighted by Gasteiger charge is 2.21. The molecule has 0 unspecified atom stereocenters. The molecular weight excluding hydrogens is 680 g/mol. The molecule has 0 heterocycles. The van der Waals surface area contributed by atoms with E-state index in [0.717, 1.165) is 50.0 Å². The van der Waals surface area contributed by atoms with Gasteiger partial charge in [0.1, 0.15) is 36.0 Å². The molecule has 0 atom stereocenters. The van der Waals surface area contributed by atoms with Crippen molar-refractivity contribution < 1.29 is 67.0 Å². The van der Waals surface area contributed by atoms with Crippen molar-refractivity contribution in [3.8, 4) is 23.0 Å². The Morgan fingerprint density at radius 3 is 1.63 bits per heavy atom. The number of benzene rings is 3. The minimum Gasteiger partial charge on any atom is -0.494 e. The SMILES string of the molecule is C=CC(=O)OCCCCCCOc1ccc(C(=O)Oc2ccc(OC(=O)c3ccc(OOC(=O)C=C)cc3)cc2C(=O)OCCOC(=O)C=C)cc1. The fourth-order valence-corrected chi connectivity index (χ4v) is 4.00. The summed E-state index contributed by atoms with van der Waals surface area (Å²) in [4.78, 5) is 81.7. The minimum atomic E-state index is -0.965. The molecule has 0 aromatic heterocycles. The van der Waals surface area contributed by atoms with E-state index in [9.17, 15) is 28.8 Å². The number of unbranched alkanes of at least 4 members (excludes halogenated alkanes) is 3. The Labute approximate surface area is 299 Å². The maximum atomic E-state index is 13.0. The topological polar surface area (TPSA) is 176 Å². The van der Waals surface area contributed by atoms with Crippen LogP contribution in [-0.4, -0.2) is 62.2 Å². The summed E-state index contributed by atoms with van der Waals surface area (Å²) in [6.07, 6.45) is 6.23. The Hall–Kier alpha value is -6.70. The summed E-state index contributed by atoms with van der Waals surface area (Å²) in [6, 6.07) is 15.3. The van der Waals surface area contributed by atoms with Gasteiger partial charge >= 0.3 is 35.8 Å². The van der Waals surface area contributed by atoms with Gasteiger partial charge in [-0.15, -0.1) is 0 Å². The average molecular weight is 717 g/mol. The third kappa shape index (κ3) is 13.7. The number of rotatable bonds is 21. The lowest BCUT2D eigenvalue weighted by Crippen LogP contribution is -2.16. The molecule has 0 fully saturated rings. The highest BCUT2D eigenvalue weighted by Crippen LogP contribution is 2.27. The monoisotopic (exact) mass is 716 g/mol. The van der Waals surface area contributed by atoms with Gasteiger partial charge in [-0.1, -0.05) is 19.7 Å². The molecule has 14 nitrogen and oxygen atoms in total. The van der Waals surface area contributed by atoms with Crippen LogP contribution in [0.4, 0.5) is 0 Å². The van der Waals surface area contributed by atoms with E-state index in [2.05, 4.69) is 24.6 Å². The first-order chi connectivity index (χ1) is 25.1. The Bertz CT molecular complexity index is 1740. The van der Waals surface area contributed by atoms with E-state index < -0.39 is 35.8 Å². The fraction of sp³-hybridized carbons (Fsp3) is 0.211. The molecule has 0 N–H and O–H groups in total. The van der Waals surface area contributed by atoms with Crippen molar-refractivity contribution in [2.75, 3.05) is 26.4 Å². The van der Waals surface area contributed by atoms with Crippen LogP contribution in [0.3, 0.4) is 0 Å². The third-order valence-corrected chi connectivity index (χ3v) is 6.60. The lowest BCUT2D eigenvalue weighted by atomic mass is 10.1. The molecule has 14 heteroatoms. The van der Waals surface area contributed by atoms with Crippen molar-refractivity contribution in [2.24, 2.45) is 0 Å². The molecule has 0 saturated carbocycles. The van der Waals surface area contributed by atoms with Gasteiger partial charge in [-0.2, -0.15) is 0 Å². The van der Waals surface area contributed by atoms with E-state index in [-0.39, 0.29) is 47.2 Å². The number of esters is 5. The molecular formula is C38H36O14. The molecule has 0 aliphatic carbocycles. The van der Waals surface area contributed by atoms with Crippen LogP contribution in [0.15, 0.2) is 105 Å². The third-order valence-electron chi connectivity index (χ3n) is 6.60. The Morgan fingerprint density at radius 2 is 1.02 bits per heavy atom. The Balaban J connectivity index is 1.63. The van der Waals surface area contributed by atoms with Crippen LogP contribution in [-0.2, 0) is 33.5 Å². The van der Waals surface area contributed by atoms with Gasteiger partial charge in [0.15, 0.2) is 5.75 Å². The first kappa shape index (κ1) is 39.7. The predicted octanol–water partition coefficient (Wildman–Crippen LogP) is 5.70. The van der Waals surface area contributed by atoms with Crippen LogP contribution in [0.2, 0.25) is 0 Å². The van der Waals surface area contributed by atoms with Gasteiger partial charge in [0.2, 0.25) is 0 Å². The first-order valence-corrected chi connectivity index (χ1v) is 15.8. The van der Waals surface area contributed by atoms with Gasteiger partial charge in [0.05, 0.1) is 24.3 Å². The van der Waals surface area contributed by atoms with Crippen molar-refractivity contribution >= 4 is 35.8 Å². The molecule has 3 rings (SSSR count).